The average molecular weight is 327 g/mol. The van der Waals surface area contributed by atoms with E-state index in [-0.39, 0.29) is 6.04 Å². The van der Waals surface area contributed by atoms with Crippen LogP contribution in [0.25, 0.3) is 0 Å². The van der Waals surface area contributed by atoms with E-state index >= 15 is 0 Å². The molecule has 1 heterocycles. The molecule has 0 radical (unpaired) electrons. The summed E-state index contributed by atoms with van der Waals surface area (Å²) >= 11 is 5.48. The Bertz CT molecular complexity index is 695. The van der Waals surface area contributed by atoms with Crippen molar-refractivity contribution < 1.29 is 0 Å². The maximum absolute atomic E-state index is 5.48. The first kappa shape index (κ1) is 17.4. The number of anilines is 1. The van der Waals surface area contributed by atoms with Crippen LogP contribution in [0.1, 0.15) is 42.1 Å². The molecule has 0 aliphatic carbocycles. The van der Waals surface area contributed by atoms with Gasteiger partial charge in [0.25, 0.3) is 0 Å². The fraction of sp³-hybridized carbons (Fsp3) is 0.368. The molecule has 1 aromatic carbocycles. The van der Waals surface area contributed by atoms with Gasteiger partial charge in [-0.2, -0.15) is 0 Å². The monoisotopic (exact) mass is 327 g/mol. The van der Waals surface area contributed by atoms with Crippen LogP contribution in [-0.4, -0.2) is 10.1 Å². The van der Waals surface area contributed by atoms with E-state index in [0.29, 0.717) is 11.0 Å². The van der Waals surface area contributed by atoms with Gasteiger partial charge in [0.15, 0.2) is 5.11 Å². The SMILES string of the molecule is Cc1ccnc(NC(=S)NC(c2ccc(C)cc2C)C(C)C)c1. The van der Waals surface area contributed by atoms with Gasteiger partial charge in [0.05, 0.1) is 6.04 Å². The Morgan fingerprint density at radius 1 is 1.04 bits per heavy atom. The number of thiocarbonyl (C=S) groups is 1. The Kier molecular flexibility index (Phi) is 5.72. The van der Waals surface area contributed by atoms with Crippen molar-refractivity contribution in [3.63, 3.8) is 0 Å². The summed E-state index contributed by atoms with van der Waals surface area (Å²) < 4.78 is 0. The van der Waals surface area contributed by atoms with Crippen molar-refractivity contribution in [1.82, 2.24) is 10.3 Å². The van der Waals surface area contributed by atoms with Crippen molar-refractivity contribution in [3.05, 3.63) is 58.8 Å². The zero-order valence-corrected chi connectivity index (χ0v) is 15.3. The third-order valence-corrected chi connectivity index (χ3v) is 4.09. The van der Waals surface area contributed by atoms with Crippen LogP contribution in [-0.2, 0) is 0 Å². The summed E-state index contributed by atoms with van der Waals surface area (Å²) in [6, 6.07) is 10.7. The van der Waals surface area contributed by atoms with Gasteiger partial charge >= 0.3 is 0 Å². The summed E-state index contributed by atoms with van der Waals surface area (Å²) in [7, 11) is 0. The van der Waals surface area contributed by atoms with Crippen molar-refractivity contribution in [2.24, 2.45) is 5.92 Å². The largest absolute Gasteiger partial charge is 0.355 e. The second kappa shape index (κ2) is 7.55. The lowest BCUT2D eigenvalue weighted by atomic mass is 9.92. The van der Waals surface area contributed by atoms with Gasteiger partial charge in [-0.25, -0.2) is 4.98 Å². The summed E-state index contributed by atoms with van der Waals surface area (Å²) in [6.45, 7) is 10.7. The molecule has 4 heteroatoms. The van der Waals surface area contributed by atoms with Gasteiger partial charge in [0.1, 0.15) is 5.82 Å². The number of hydrogen-bond donors (Lipinski definition) is 2. The van der Waals surface area contributed by atoms with Crippen LogP contribution in [0.2, 0.25) is 0 Å². The quantitative estimate of drug-likeness (QED) is 0.799. The molecule has 2 rings (SSSR count). The Labute approximate surface area is 144 Å². The van der Waals surface area contributed by atoms with Gasteiger partial charge in [0.2, 0.25) is 0 Å². The van der Waals surface area contributed by atoms with Crippen LogP contribution >= 0.6 is 12.2 Å². The first-order valence-electron chi connectivity index (χ1n) is 7.94. The number of aromatic nitrogens is 1. The van der Waals surface area contributed by atoms with E-state index in [1.807, 2.05) is 19.1 Å². The lowest BCUT2D eigenvalue weighted by Crippen LogP contribution is -2.35. The molecule has 0 fully saturated rings. The number of pyridine rings is 1. The van der Waals surface area contributed by atoms with Crippen LogP contribution in [0, 0.1) is 26.7 Å². The Morgan fingerprint density at radius 2 is 1.74 bits per heavy atom. The van der Waals surface area contributed by atoms with Gasteiger partial charge in [-0.15, -0.1) is 0 Å². The smallest absolute Gasteiger partial charge is 0.172 e. The fourth-order valence-corrected chi connectivity index (χ4v) is 2.91. The van der Waals surface area contributed by atoms with Crippen LogP contribution in [0.4, 0.5) is 5.82 Å². The zero-order chi connectivity index (χ0) is 17.0. The molecule has 0 amide bonds. The van der Waals surface area contributed by atoms with Crippen LogP contribution < -0.4 is 10.6 Å². The second-order valence-electron chi connectivity index (χ2n) is 6.40. The van der Waals surface area contributed by atoms with Crippen molar-refractivity contribution in [2.75, 3.05) is 5.32 Å². The fourth-order valence-electron chi connectivity index (χ4n) is 2.68. The third-order valence-electron chi connectivity index (χ3n) is 3.87. The summed E-state index contributed by atoms with van der Waals surface area (Å²) in [6.07, 6.45) is 1.78. The van der Waals surface area contributed by atoms with Gasteiger partial charge < -0.3 is 10.6 Å². The molecule has 1 unspecified atom stereocenters. The lowest BCUT2D eigenvalue weighted by molar-refractivity contribution is 0.471. The molecule has 122 valence electrons. The molecule has 2 N–H and O–H groups in total. The van der Waals surface area contributed by atoms with Gasteiger partial charge in [-0.1, -0.05) is 37.6 Å². The molecular formula is C19H25N3S. The van der Waals surface area contributed by atoms with Crippen LogP contribution in [0.15, 0.2) is 36.5 Å². The van der Waals surface area contributed by atoms with E-state index in [9.17, 15) is 0 Å². The van der Waals surface area contributed by atoms with Gasteiger partial charge in [-0.05, 0) is 67.7 Å². The van der Waals surface area contributed by atoms with Crippen molar-refractivity contribution in [3.8, 4) is 0 Å². The topological polar surface area (TPSA) is 37.0 Å². The summed E-state index contributed by atoms with van der Waals surface area (Å²) in [4.78, 5) is 4.29. The standard InChI is InChI=1S/C19H25N3S/c1-12(2)18(16-7-6-13(3)10-15(16)5)22-19(23)21-17-11-14(4)8-9-20-17/h6-12,18H,1-5H3,(H2,20,21,22,23). The summed E-state index contributed by atoms with van der Waals surface area (Å²) in [5, 5.41) is 7.22. The maximum atomic E-state index is 5.48. The molecule has 0 aliphatic rings. The molecule has 23 heavy (non-hydrogen) atoms. The molecule has 1 atom stereocenters. The highest BCUT2D eigenvalue weighted by Gasteiger charge is 2.18. The highest BCUT2D eigenvalue weighted by Crippen LogP contribution is 2.25. The third kappa shape index (κ3) is 4.76. The first-order valence-corrected chi connectivity index (χ1v) is 8.35. The van der Waals surface area contributed by atoms with Gasteiger partial charge in [0, 0.05) is 6.20 Å². The maximum Gasteiger partial charge on any atom is 0.172 e. The zero-order valence-electron chi connectivity index (χ0n) is 14.5. The molecule has 0 saturated heterocycles. The number of nitrogens with zero attached hydrogens (tertiary/aromatic N) is 1. The minimum atomic E-state index is 0.167. The molecule has 0 aliphatic heterocycles. The average Bonchev–Trinajstić information content (AvgIpc) is 2.45. The Balaban J connectivity index is 2.14. The van der Waals surface area contributed by atoms with Gasteiger partial charge in [-0.3, -0.25) is 0 Å². The van der Waals surface area contributed by atoms with E-state index in [0.717, 1.165) is 11.4 Å². The summed E-state index contributed by atoms with van der Waals surface area (Å²) in [5.41, 5.74) is 5.00. The number of benzene rings is 1. The minimum Gasteiger partial charge on any atom is -0.355 e. The highest BCUT2D eigenvalue weighted by molar-refractivity contribution is 7.80. The van der Waals surface area contributed by atoms with Crippen LogP contribution in [0.3, 0.4) is 0 Å². The predicted octanol–water partition coefficient (Wildman–Crippen LogP) is 4.69. The Morgan fingerprint density at radius 3 is 2.35 bits per heavy atom. The molecule has 1 aromatic heterocycles. The predicted molar refractivity (Wildman–Crippen MR) is 102 cm³/mol. The molecule has 0 bridgehead atoms. The number of nitrogens with one attached hydrogen (secondary N) is 2. The van der Waals surface area contributed by atoms with Crippen molar-refractivity contribution in [2.45, 2.75) is 40.7 Å². The normalized spacial score (nSPS) is 12.1. The van der Waals surface area contributed by atoms with E-state index in [2.05, 4.69) is 61.5 Å². The van der Waals surface area contributed by atoms with E-state index in [1.165, 1.54) is 16.7 Å². The molecule has 0 saturated carbocycles. The minimum absolute atomic E-state index is 0.167. The highest BCUT2D eigenvalue weighted by atomic mass is 32.1. The second-order valence-corrected chi connectivity index (χ2v) is 6.81. The molecule has 2 aromatic rings. The lowest BCUT2D eigenvalue weighted by Gasteiger charge is -2.26. The first-order chi connectivity index (χ1) is 10.9. The number of aryl methyl sites for hydroxylation is 3. The van der Waals surface area contributed by atoms with E-state index in [4.69, 9.17) is 12.2 Å². The van der Waals surface area contributed by atoms with Crippen molar-refractivity contribution >= 4 is 23.1 Å². The van der Waals surface area contributed by atoms with E-state index < -0.39 is 0 Å². The molecular weight excluding hydrogens is 302 g/mol. The number of rotatable bonds is 4. The van der Waals surface area contributed by atoms with Crippen molar-refractivity contribution in [1.29, 1.82) is 0 Å². The Hall–Kier alpha value is -1.94. The summed E-state index contributed by atoms with van der Waals surface area (Å²) in [5.74, 6) is 1.19. The van der Waals surface area contributed by atoms with E-state index in [1.54, 1.807) is 6.20 Å². The van der Waals surface area contributed by atoms with Crippen LogP contribution in [0.5, 0.6) is 0 Å². The molecule has 0 spiro atoms. The number of hydrogen-bond acceptors (Lipinski definition) is 2. The molecule has 3 nitrogen and oxygen atoms in total.